The smallest absolute Gasteiger partial charge is 0.0417 e. The molecule has 0 bridgehead atoms. The van der Waals surface area contributed by atoms with Gasteiger partial charge in [0.1, 0.15) is 0 Å². The van der Waals surface area contributed by atoms with E-state index in [0.717, 1.165) is 5.92 Å². The monoisotopic (exact) mass is 549 g/mol. The van der Waals surface area contributed by atoms with Gasteiger partial charge < -0.3 is 0 Å². The SMILES string of the molecule is CCCCCCCCCCCCCCCCCCCC(CC)CCCCCCCCCCCCCCCCC. The van der Waals surface area contributed by atoms with Crippen molar-refractivity contribution in [3.8, 4) is 0 Å². The zero-order chi connectivity index (χ0) is 28.3. The lowest BCUT2D eigenvalue weighted by Gasteiger charge is -2.14. The highest BCUT2D eigenvalue weighted by molar-refractivity contribution is 4.59. The Labute approximate surface area is 251 Å². The molecule has 0 aliphatic rings. The van der Waals surface area contributed by atoms with E-state index in [0.29, 0.717) is 0 Å². The zero-order valence-corrected chi connectivity index (χ0v) is 28.3. The van der Waals surface area contributed by atoms with E-state index in [4.69, 9.17) is 0 Å². The van der Waals surface area contributed by atoms with Crippen molar-refractivity contribution >= 4 is 0 Å². The Morgan fingerprint density at radius 1 is 0.231 bits per heavy atom. The summed E-state index contributed by atoms with van der Waals surface area (Å²) < 4.78 is 0. The molecule has 0 aliphatic heterocycles. The van der Waals surface area contributed by atoms with Crippen LogP contribution < -0.4 is 0 Å². The molecule has 0 aromatic rings. The summed E-state index contributed by atoms with van der Waals surface area (Å²) in [6.07, 6.45) is 51.8. The van der Waals surface area contributed by atoms with Gasteiger partial charge in [-0.2, -0.15) is 0 Å². The van der Waals surface area contributed by atoms with Gasteiger partial charge in [-0.15, -0.1) is 0 Å². The van der Waals surface area contributed by atoms with Crippen molar-refractivity contribution < 1.29 is 0 Å². The average Bonchev–Trinajstić information content (AvgIpc) is 2.95. The van der Waals surface area contributed by atoms with Gasteiger partial charge in [-0.05, 0) is 5.92 Å². The predicted molar refractivity (Wildman–Crippen MR) is 182 cm³/mol. The number of rotatable bonds is 35. The highest BCUT2D eigenvalue weighted by Crippen LogP contribution is 2.22. The molecule has 236 valence electrons. The van der Waals surface area contributed by atoms with Crippen LogP contribution in [0.1, 0.15) is 245 Å². The molecule has 0 amide bonds. The summed E-state index contributed by atoms with van der Waals surface area (Å²) in [5.41, 5.74) is 0. The van der Waals surface area contributed by atoms with Crippen molar-refractivity contribution in [2.24, 2.45) is 5.92 Å². The minimum Gasteiger partial charge on any atom is -0.0654 e. The molecule has 39 heavy (non-hydrogen) atoms. The summed E-state index contributed by atoms with van der Waals surface area (Å²) in [6.45, 7) is 7.05. The summed E-state index contributed by atoms with van der Waals surface area (Å²) in [7, 11) is 0. The fourth-order valence-electron chi connectivity index (χ4n) is 6.51. The molecule has 0 saturated carbocycles. The largest absolute Gasteiger partial charge is 0.0654 e. The van der Waals surface area contributed by atoms with E-state index >= 15 is 0 Å². The minimum atomic E-state index is 1.02. The van der Waals surface area contributed by atoms with Crippen LogP contribution in [-0.2, 0) is 0 Å². The Kier molecular flexibility index (Phi) is 36.0. The molecule has 0 aromatic carbocycles. The molecule has 0 rings (SSSR count). The molecule has 0 aliphatic carbocycles. The fourth-order valence-corrected chi connectivity index (χ4v) is 6.51. The lowest BCUT2D eigenvalue weighted by atomic mass is 9.92. The summed E-state index contributed by atoms with van der Waals surface area (Å²) in [5.74, 6) is 1.02. The Bertz CT molecular complexity index is 399. The second kappa shape index (κ2) is 36.0. The molecule has 0 fully saturated rings. The van der Waals surface area contributed by atoms with Crippen molar-refractivity contribution in [1.82, 2.24) is 0 Å². The Balaban J connectivity index is 3.25. The molecule has 0 radical (unpaired) electrons. The Morgan fingerprint density at radius 2 is 0.410 bits per heavy atom. The maximum atomic E-state index is 2.43. The van der Waals surface area contributed by atoms with Crippen molar-refractivity contribution in [1.29, 1.82) is 0 Å². The van der Waals surface area contributed by atoms with Crippen LogP contribution in [0, 0.1) is 5.92 Å². The molecule has 0 N–H and O–H groups in total. The van der Waals surface area contributed by atoms with Gasteiger partial charge >= 0.3 is 0 Å². The van der Waals surface area contributed by atoms with Crippen molar-refractivity contribution in [3.63, 3.8) is 0 Å². The van der Waals surface area contributed by atoms with E-state index in [1.807, 2.05) is 0 Å². The predicted octanol–water partition coefficient (Wildman–Crippen LogP) is 15.3. The Morgan fingerprint density at radius 3 is 0.590 bits per heavy atom. The molecule has 0 saturated heterocycles. The first-order valence-corrected chi connectivity index (χ1v) is 19.3. The molecule has 0 spiro atoms. The molecular formula is C39H80. The van der Waals surface area contributed by atoms with Gasteiger partial charge in [0, 0.05) is 0 Å². The van der Waals surface area contributed by atoms with Gasteiger partial charge in [0.15, 0.2) is 0 Å². The minimum absolute atomic E-state index is 1.02. The van der Waals surface area contributed by atoms with Crippen LogP contribution >= 0.6 is 0 Å². The average molecular weight is 549 g/mol. The third kappa shape index (κ3) is 34.1. The van der Waals surface area contributed by atoms with E-state index in [1.165, 1.54) is 225 Å². The second-order valence-electron chi connectivity index (χ2n) is 13.5. The van der Waals surface area contributed by atoms with E-state index in [1.54, 1.807) is 0 Å². The van der Waals surface area contributed by atoms with Crippen LogP contribution in [0.25, 0.3) is 0 Å². The molecule has 0 heterocycles. The standard InChI is InChI=1S/C39H80/c1-4-7-9-11-13-15-17-19-21-22-24-26-28-30-32-34-36-38-39(6-3)37-35-33-31-29-27-25-23-20-18-16-14-12-10-8-5-2/h39H,4-38H2,1-3H3. The molecule has 1 atom stereocenters. The van der Waals surface area contributed by atoms with Crippen molar-refractivity contribution in [3.05, 3.63) is 0 Å². The van der Waals surface area contributed by atoms with Gasteiger partial charge in [0.05, 0.1) is 0 Å². The van der Waals surface area contributed by atoms with Gasteiger partial charge in [-0.3, -0.25) is 0 Å². The van der Waals surface area contributed by atoms with Crippen LogP contribution in [0.15, 0.2) is 0 Å². The van der Waals surface area contributed by atoms with Crippen LogP contribution in [0.3, 0.4) is 0 Å². The summed E-state index contributed by atoms with van der Waals surface area (Å²) in [5, 5.41) is 0. The topological polar surface area (TPSA) is 0 Å². The summed E-state index contributed by atoms with van der Waals surface area (Å²) in [4.78, 5) is 0. The molecule has 1 unspecified atom stereocenters. The molecule has 0 nitrogen and oxygen atoms in total. The molecule has 0 aromatic heterocycles. The van der Waals surface area contributed by atoms with Gasteiger partial charge in [-0.25, -0.2) is 0 Å². The summed E-state index contributed by atoms with van der Waals surface area (Å²) in [6, 6.07) is 0. The number of hydrogen-bond donors (Lipinski definition) is 0. The zero-order valence-electron chi connectivity index (χ0n) is 28.3. The summed E-state index contributed by atoms with van der Waals surface area (Å²) >= 11 is 0. The van der Waals surface area contributed by atoms with Gasteiger partial charge in [-0.1, -0.05) is 245 Å². The van der Waals surface area contributed by atoms with Gasteiger partial charge in [0.2, 0.25) is 0 Å². The van der Waals surface area contributed by atoms with Crippen LogP contribution in [0.5, 0.6) is 0 Å². The highest BCUT2D eigenvalue weighted by atomic mass is 14.1. The normalized spacial score (nSPS) is 12.4. The quantitative estimate of drug-likeness (QED) is 0.0691. The lowest BCUT2D eigenvalue weighted by molar-refractivity contribution is 0.392. The number of hydrogen-bond acceptors (Lipinski definition) is 0. The van der Waals surface area contributed by atoms with Crippen LogP contribution in [0.2, 0.25) is 0 Å². The van der Waals surface area contributed by atoms with Crippen LogP contribution in [0.4, 0.5) is 0 Å². The van der Waals surface area contributed by atoms with Crippen LogP contribution in [-0.4, -0.2) is 0 Å². The Hall–Kier alpha value is 0. The van der Waals surface area contributed by atoms with E-state index in [9.17, 15) is 0 Å². The molecule has 0 heteroatoms. The van der Waals surface area contributed by atoms with Gasteiger partial charge in [0.25, 0.3) is 0 Å². The highest BCUT2D eigenvalue weighted by Gasteiger charge is 2.06. The first kappa shape index (κ1) is 39.0. The lowest BCUT2D eigenvalue weighted by Crippen LogP contribution is -1.99. The number of unbranched alkanes of at least 4 members (excludes halogenated alkanes) is 30. The maximum Gasteiger partial charge on any atom is -0.0417 e. The fraction of sp³-hybridized carbons (Fsp3) is 1.00. The van der Waals surface area contributed by atoms with Crippen molar-refractivity contribution in [2.45, 2.75) is 245 Å². The molecular weight excluding hydrogens is 468 g/mol. The third-order valence-corrected chi connectivity index (χ3v) is 9.51. The first-order valence-electron chi connectivity index (χ1n) is 19.3. The van der Waals surface area contributed by atoms with E-state index in [-0.39, 0.29) is 0 Å². The third-order valence-electron chi connectivity index (χ3n) is 9.51. The first-order chi connectivity index (χ1) is 19.3. The second-order valence-corrected chi connectivity index (χ2v) is 13.5. The van der Waals surface area contributed by atoms with E-state index < -0.39 is 0 Å². The van der Waals surface area contributed by atoms with Crippen molar-refractivity contribution in [2.75, 3.05) is 0 Å². The maximum absolute atomic E-state index is 2.43. The van der Waals surface area contributed by atoms with E-state index in [2.05, 4.69) is 20.8 Å².